The van der Waals surface area contributed by atoms with Crippen LogP contribution >= 0.6 is 15.9 Å². The number of nitrogens with one attached hydrogen (secondary N) is 1. The van der Waals surface area contributed by atoms with Crippen LogP contribution in [0.25, 0.3) is 0 Å². The number of hydrogen-bond acceptors (Lipinski definition) is 6. The number of amides is 5. The summed E-state index contributed by atoms with van der Waals surface area (Å²) in [5.74, 6) is -1.42. The first-order chi connectivity index (χ1) is 21.2. The van der Waals surface area contributed by atoms with Gasteiger partial charge in [0.1, 0.15) is 11.9 Å². The summed E-state index contributed by atoms with van der Waals surface area (Å²) in [6.07, 6.45) is 3.96. The van der Waals surface area contributed by atoms with Crippen molar-refractivity contribution in [2.24, 2.45) is 11.8 Å². The molecule has 0 bridgehead atoms. The summed E-state index contributed by atoms with van der Waals surface area (Å²) < 4.78 is 7.42. The fourth-order valence-electron chi connectivity index (χ4n) is 7.34. The molecule has 1 saturated heterocycles. The van der Waals surface area contributed by atoms with Gasteiger partial charge in [-0.2, -0.15) is 0 Å². The van der Waals surface area contributed by atoms with Crippen LogP contribution in [0.15, 0.2) is 40.9 Å². The molecular weight excluding hydrogens is 628 g/mol. The molecule has 2 aromatic rings. The highest BCUT2D eigenvalue weighted by Gasteiger charge is 2.45. The van der Waals surface area contributed by atoms with Crippen molar-refractivity contribution in [2.45, 2.75) is 57.6 Å². The number of rotatable bonds is 6. The number of imide groups is 1. The second-order valence-electron chi connectivity index (χ2n) is 12.1. The molecule has 1 aliphatic carbocycles. The lowest BCUT2D eigenvalue weighted by atomic mass is 9.77. The number of hydrogen-bond donors (Lipinski definition) is 1. The molecule has 0 spiro atoms. The van der Waals surface area contributed by atoms with Crippen molar-refractivity contribution in [1.29, 1.82) is 0 Å². The van der Waals surface area contributed by atoms with Gasteiger partial charge in [-0.1, -0.05) is 40.9 Å². The summed E-state index contributed by atoms with van der Waals surface area (Å²) in [7, 11) is 1.60. The van der Waals surface area contributed by atoms with Crippen LogP contribution in [0.1, 0.15) is 76.9 Å². The number of likely N-dealkylation sites (tertiary alicyclic amines) is 1. The SMILES string of the molecule is CNC(=O)[C@H]1CCCC[C@H]1C(=O)N1CCc2c(Br)ccc(O[C@H]3CCN(C(C)=O)C3)c2C1CN1C(=O)c2ccccc2C1=O. The Morgan fingerprint density at radius 2 is 1.64 bits per heavy atom. The molecule has 6 rings (SSSR count). The fraction of sp³-hybridized carbons (Fsp3) is 0.485. The number of benzene rings is 2. The molecule has 44 heavy (non-hydrogen) atoms. The van der Waals surface area contributed by atoms with E-state index in [9.17, 15) is 24.0 Å². The van der Waals surface area contributed by atoms with Crippen LogP contribution in [0.2, 0.25) is 0 Å². The highest BCUT2D eigenvalue weighted by molar-refractivity contribution is 9.10. The molecule has 2 fully saturated rings. The smallest absolute Gasteiger partial charge is 0.261 e. The van der Waals surface area contributed by atoms with E-state index in [1.54, 1.807) is 48.0 Å². The number of carbonyl (C=O) groups is 5. The molecule has 5 amide bonds. The van der Waals surface area contributed by atoms with Gasteiger partial charge in [-0.3, -0.25) is 28.9 Å². The first-order valence-electron chi connectivity index (χ1n) is 15.4. The van der Waals surface area contributed by atoms with E-state index in [-0.39, 0.29) is 30.4 Å². The fourth-order valence-corrected chi connectivity index (χ4v) is 7.89. The molecule has 232 valence electrons. The van der Waals surface area contributed by atoms with Gasteiger partial charge >= 0.3 is 0 Å². The Labute approximate surface area is 265 Å². The summed E-state index contributed by atoms with van der Waals surface area (Å²) in [6, 6.07) is 9.86. The molecule has 3 heterocycles. The van der Waals surface area contributed by atoms with Crippen molar-refractivity contribution in [1.82, 2.24) is 20.0 Å². The topological polar surface area (TPSA) is 116 Å². The van der Waals surface area contributed by atoms with E-state index in [2.05, 4.69) is 21.2 Å². The molecule has 1 unspecified atom stereocenters. The molecule has 11 heteroatoms. The molecule has 4 atom stereocenters. The summed E-state index contributed by atoms with van der Waals surface area (Å²) in [6.45, 7) is 2.94. The number of fused-ring (bicyclic) bond motifs is 2. The zero-order chi connectivity index (χ0) is 31.1. The van der Waals surface area contributed by atoms with Crippen LogP contribution in [0.4, 0.5) is 0 Å². The highest BCUT2D eigenvalue weighted by atomic mass is 79.9. The maximum absolute atomic E-state index is 14.5. The standard InChI is InChI=1S/C33H37BrN4O6/c1-19(39)36-15-13-20(17-36)44-28-12-11-26(34)25-14-16-37(31(41)22-8-4-3-7-21(22)30(40)35-2)27(29(25)28)18-38-32(42)23-9-5-6-10-24(23)33(38)43/h5-6,9-12,20-22,27H,3-4,7-8,13-18H2,1-2H3,(H,35,40)/t20-,21-,22+,27?/m0/s1. The van der Waals surface area contributed by atoms with E-state index < -0.39 is 29.7 Å². The molecule has 1 saturated carbocycles. The van der Waals surface area contributed by atoms with Crippen molar-refractivity contribution < 1.29 is 28.7 Å². The lowest BCUT2D eigenvalue weighted by Gasteiger charge is -2.43. The minimum absolute atomic E-state index is 0.00707. The largest absolute Gasteiger partial charge is 0.488 e. The Kier molecular flexibility index (Phi) is 8.50. The Balaban J connectivity index is 1.40. The van der Waals surface area contributed by atoms with Gasteiger partial charge in [-0.05, 0) is 49.1 Å². The van der Waals surface area contributed by atoms with Crippen LogP contribution < -0.4 is 10.1 Å². The Morgan fingerprint density at radius 3 is 2.27 bits per heavy atom. The van der Waals surface area contributed by atoms with Gasteiger partial charge in [0.2, 0.25) is 17.7 Å². The first kappa shape index (κ1) is 30.3. The maximum Gasteiger partial charge on any atom is 0.261 e. The molecule has 2 aromatic carbocycles. The van der Waals surface area contributed by atoms with Crippen LogP contribution in [0.5, 0.6) is 5.75 Å². The second-order valence-corrected chi connectivity index (χ2v) is 13.0. The summed E-state index contributed by atoms with van der Waals surface area (Å²) in [4.78, 5) is 71.2. The van der Waals surface area contributed by atoms with Crippen molar-refractivity contribution in [3.8, 4) is 5.75 Å². The van der Waals surface area contributed by atoms with Crippen molar-refractivity contribution >= 4 is 45.5 Å². The third-order valence-electron chi connectivity index (χ3n) is 9.64. The minimum Gasteiger partial charge on any atom is -0.488 e. The van der Waals surface area contributed by atoms with E-state index in [1.165, 1.54) is 4.90 Å². The zero-order valence-electron chi connectivity index (χ0n) is 25.0. The molecule has 1 N–H and O–H groups in total. The molecule has 0 radical (unpaired) electrons. The first-order valence-corrected chi connectivity index (χ1v) is 16.2. The van der Waals surface area contributed by atoms with Gasteiger partial charge in [-0.25, -0.2) is 0 Å². The molecule has 3 aliphatic heterocycles. The maximum atomic E-state index is 14.5. The normalized spacial score (nSPS) is 24.7. The van der Waals surface area contributed by atoms with Gasteiger partial charge in [0.25, 0.3) is 11.8 Å². The lowest BCUT2D eigenvalue weighted by molar-refractivity contribution is -0.146. The highest BCUT2D eigenvalue weighted by Crippen LogP contribution is 2.44. The average molecular weight is 666 g/mol. The predicted octanol–water partition coefficient (Wildman–Crippen LogP) is 3.72. The summed E-state index contributed by atoms with van der Waals surface area (Å²) in [5.41, 5.74) is 2.41. The number of carbonyl (C=O) groups excluding carboxylic acids is 5. The molecular formula is C33H37BrN4O6. The van der Waals surface area contributed by atoms with Crippen molar-refractivity contribution in [3.05, 3.63) is 63.1 Å². The van der Waals surface area contributed by atoms with Gasteiger partial charge in [0.05, 0.1) is 30.3 Å². The summed E-state index contributed by atoms with van der Waals surface area (Å²) in [5, 5.41) is 2.74. The van der Waals surface area contributed by atoms with Crippen LogP contribution in [0.3, 0.4) is 0 Å². The van der Waals surface area contributed by atoms with E-state index in [4.69, 9.17) is 4.74 Å². The second kappa shape index (κ2) is 12.3. The number of nitrogens with zero attached hydrogens (tertiary/aromatic N) is 3. The van der Waals surface area contributed by atoms with Crippen molar-refractivity contribution in [2.75, 3.05) is 33.2 Å². The number of halogens is 1. The third kappa shape index (κ3) is 5.39. The Bertz CT molecular complexity index is 1490. The van der Waals surface area contributed by atoms with Gasteiger partial charge in [0.15, 0.2) is 0 Å². The van der Waals surface area contributed by atoms with E-state index in [1.807, 2.05) is 12.1 Å². The zero-order valence-corrected chi connectivity index (χ0v) is 26.6. The number of ether oxygens (including phenoxy) is 1. The van der Waals surface area contributed by atoms with Crippen LogP contribution in [0, 0.1) is 11.8 Å². The third-order valence-corrected chi connectivity index (χ3v) is 10.4. The average Bonchev–Trinajstić information content (AvgIpc) is 3.61. The molecule has 0 aromatic heterocycles. The molecule has 4 aliphatic rings. The van der Waals surface area contributed by atoms with Crippen LogP contribution in [-0.4, -0.2) is 83.6 Å². The van der Waals surface area contributed by atoms with E-state index >= 15 is 0 Å². The van der Waals surface area contributed by atoms with Crippen molar-refractivity contribution in [3.63, 3.8) is 0 Å². The summed E-state index contributed by atoms with van der Waals surface area (Å²) >= 11 is 3.70. The van der Waals surface area contributed by atoms with Gasteiger partial charge < -0.3 is 19.9 Å². The van der Waals surface area contributed by atoms with Gasteiger partial charge in [0, 0.05) is 55.4 Å². The Morgan fingerprint density at radius 1 is 0.955 bits per heavy atom. The quantitative estimate of drug-likeness (QED) is 0.471. The van der Waals surface area contributed by atoms with E-state index in [0.717, 1.165) is 28.4 Å². The minimum atomic E-state index is -0.682. The van der Waals surface area contributed by atoms with Gasteiger partial charge in [-0.15, -0.1) is 0 Å². The van der Waals surface area contributed by atoms with E-state index in [0.29, 0.717) is 62.2 Å². The monoisotopic (exact) mass is 664 g/mol. The Hall–Kier alpha value is -3.73. The molecule has 10 nitrogen and oxygen atoms in total. The van der Waals surface area contributed by atoms with Crippen LogP contribution in [-0.2, 0) is 20.8 Å². The lowest BCUT2D eigenvalue weighted by Crippen LogP contribution is -2.51. The predicted molar refractivity (Wildman–Crippen MR) is 165 cm³/mol.